The van der Waals surface area contributed by atoms with Gasteiger partial charge in [0.2, 0.25) is 6.79 Å². The maximum absolute atomic E-state index is 5.68. The van der Waals surface area contributed by atoms with Gasteiger partial charge in [0.1, 0.15) is 0 Å². The van der Waals surface area contributed by atoms with Gasteiger partial charge in [0.25, 0.3) is 0 Å². The predicted molar refractivity (Wildman–Crippen MR) is 66.9 cm³/mol. The van der Waals surface area contributed by atoms with Crippen LogP contribution in [0.2, 0.25) is 0 Å². The first-order valence-electron chi connectivity index (χ1n) is 6.38. The van der Waals surface area contributed by atoms with Gasteiger partial charge in [-0.05, 0) is 62.9 Å². The average Bonchev–Trinajstić information content (AvgIpc) is 2.79. The summed E-state index contributed by atoms with van der Waals surface area (Å²) in [5, 5.41) is 3.41. The molecule has 0 aliphatic carbocycles. The molecule has 1 N–H and O–H groups in total. The van der Waals surface area contributed by atoms with Crippen LogP contribution in [0.5, 0.6) is 11.5 Å². The van der Waals surface area contributed by atoms with Crippen LogP contribution in [0.3, 0.4) is 0 Å². The van der Waals surface area contributed by atoms with E-state index in [0.29, 0.717) is 12.7 Å². The Morgan fingerprint density at radius 2 is 1.94 bits per heavy atom. The van der Waals surface area contributed by atoms with Crippen LogP contribution < -0.4 is 14.8 Å². The maximum atomic E-state index is 5.68. The molecule has 0 amide bonds. The molecule has 0 aromatic heterocycles. The minimum absolute atomic E-state index is 0.371. The Bertz CT molecular complexity index is 436. The number of ether oxygens (including phenoxy) is 2. The van der Waals surface area contributed by atoms with Crippen molar-refractivity contribution in [3.05, 3.63) is 22.8 Å². The normalized spacial score (nSPS) is 19.6. The van der Waals surface area contributed by atoms with Crippen molar-refractivity contribution in [2.24, 2.45) is 0 Å². The van der Waals surface area contributed by atoms with E-state index in [1.807, 2.05) is 0 Å². The number of benzene rings is 1. The second kappa shape index (κ2) is 4.22. The number of aryl methyl sites for hydroxylation is 1. The highest BCUT2D eigenvalue weighted by Gasteiger charge is 2.27. The van der Waals surface area contributed by atoms with Crippen molar-refractivity contribution >= 4 is 0 Å². The average molecular weight is 233 g/mol. The van der Waals surface area contributed by atoms with Crippen LogP contribution in [0.25, 0.3) is 0 Å². The summed E-state index contributed by atoms with van der Waals surface area (Å²) in [6, 6.07) is 2.10. The molecule has 2 aliphatic rings. The fraction of sp³-hybridized carbons (Fsp3) is 0.571. The van der Waals surface area contributed by atoms with Gasteiger partial charge in [-0.25, -0.2) is 0 Å². The van der Waals surface area contributed by atoms with Crippen molar-refractivity contribution < 1.29 is 9.47 Å². The first-order valence-corrected chi connectivity index (χ1v) is 6.38. The summed E-state index contributed by atoms with van der Waals surface area (Å²) in [7, 11) is 0. The van der Waals surface area contributed by atoms with Gasteiger partial charge in [0, 0.05) is 5.56 Å². The number of nitrogens with one attached hydrogen (secondary N) is 1. The molecule has 0 saturated carbocycles. The predicted octanol–water partition coefficient (Wildman–Crippen LogP) is 2.50. The number of hydrogen-bond donors (Lipinski definition) is 1. The monoisotopic (exact) mass is 233 g/mol. The molecule has 17 heavy (non-hydrogen) atoms. The molecule has 1 aromatic rings. The maximum Gasteiger partial charge on any atom is 0.231 e. The van der Waals surface area contributed by atoms with Crippen molar-refractivity contribution in [1.29, 1.82) is 0 Å². The van der Waals surface area contributed by atoms with E-state index in [1.165, 1.54) is 29.5 Å². The van der Waals surface area contributed by atoms with E-state index in [2.05, 4.69) is 25.2 Å². The van der Waals surface area contributed by atoms with Crippen molar-refractivity contribution in [3.8, 4) is 11.5 Å². The van der Waals surface area contributed by atoms with Crippen molar-refractivity contribution in [3.63, 3.8) is 0 Å². The number of piperidine rings is 1. The van der Waals surface area contributed by atoms with E-state index in [4.69, 9.17) is 9.47 Å². The second-order valence-electron chi connectivity index (χ2n) is 4.99. The van der Waals surface area contributed by atoms with Gasteiger partial charge in [0.15, 0.2) is 11.5 Å². The Morgan fingerprint density at radius 3 is 2.71 bits per heavy atom. The highest BCUT2D eigenvalue weighted by atomic mass is 16.7. The van der Waals surface area contributed by atoms with Crippen LogP contribution in [0, 0.1) is 13.8 Å². The Morgan fingerprint density at radius 1 is 1.18 bits per heavy atom. The lowest BCUT2D eigenvalue weighted by Gasteiger charge is -2.26. The molecule has 2 aliphatic heterocycles. The van der Waals surface area contributed by atoms with Gasteiger partial charge in [-0.1, -0.05) is 0 Å². The summed E-state index contributed by atoms with van der Waals surface area (Å²) in [6.07, 6.45) is 2.39. The Balaban J connectivity index is 2.07. The second-order valence-corrected chi connectivity index (χ2v) is 4.99. The summed E-state index contributed by atoms with van der Waals surface area (Å²) >= 11 is 0. The van der Waals surface area contributed by atoms with E-state index in [0.717, 1.165) is 24.6 Å². The van der Waals surface area contributed by atoms with Gasteiger partial charge in [-0.2, -0.15) is 0 Å². The Kier molecular flexibility index (Phi) is 2.71. The number of rotatable bonds is 1. The molecule has 3 rings (SSSR count). The zero-order valence-electron chi connectivity index (χ0n) is 10.5. The fourth-order valence-corrected chi connectivity index (χ4v) is 2.90. The third kappa shape index (κ3) is 1.78. The van der Waals surface area contributed by atoms with E-state index in [-0.39, 0.29) is 0 Å². The summed E-state index contributed by atoms with van der Waals surface area (Å²) in [5.41, 5.74) is 4.07. The minimum Gasteiger partial charge on any atom is -0.454 e. The van der Waals surface area contributed by atoms with E-state index >= 15 is 0 Å². The van der Waals surface area contributed by atoms with Gasteiger partial charge in [-0.15, -0.1) is 0 Å². The molecule has 0 spiro atoms. The zero-order valence-corrected chi connectivity index (χ0v) is 10.5. The topological polar surface area (TPSA) is 30.5 Å². The molecular weight excluding hydrogens is 214 g/mol. The first-order chi connectivity index (χ1) is 8.27. The van der Waals surface area contributed by atoms with Crippen LogP contribution in [0.4, 0.5) is 0 Å². The molecule has 0 bridgehead atoms. The lowest BCUT2D eigenvalue weighted by Crippen LogP contribution is -2.27. The molecule has 0 radical (unpaired) electrons. The highest BCUT2D eigenvalue weighted by Crippen LogP contribution is 2.44. The molecule has 0 unspecified atom stereocenters. The van der Waals surface area contributed by atoms with Crippen LogP contribution in [-0.4, -0.2) is 19.9 Å². The molecule has 2 heterocycles. The van der Waals surface area contributed by atoms with Crippen LogP contribution in [-0.2, 0) is 0 Å². The van der Waals surface area contributed by atoms with E-state index in [9.17, 15) is 0 Å². The van der Waals surface area contributed by atoms with Crippen LogP contribution in [0.15, 0.2) is 6.07 Å². The van der Waals surface area contributed by atoms with E-state index < -0.39 is 0 Å². The lowest BCUT2D eigenvalue weighted by atomic mass is 9.85. The van der Waals surface area contributed by atoms with Gasteiger partial charge in [0.05, 0.1) is 0 Å². The Labute approximate surface area is 102 Å². The van der Waals surface area contributed by atoms with Crippen molar-refractivity contribution in [1.82, 2.24) is 5.32 Å². The molecule has 1 saturated heterocycles. The van der Waals surface area contributed by atoms with Gasteiger partial charge < -0.3 is 14.8 Å². The third-order valence-corrected chi connectivity index (χ3v) is 3.98. The van der Waals surface area contributed by atoms with Crippen LogP contribution in [0.1, 0.15) is 35.4 Å². The van der Waals surface area contributed by atoms with Crippen molar-refractivity contribution in [2.45, 2.75) is 32.6 Å². The zero-order chi connectivity index (χ0) is 11.8. The first kappa shape index (κ1) is 10.9. The highest BCUT2D eigenvalue weighted by molar-refractivity contribution is 5.56. The van der Waals surface area contributed by atoms with E-state index in [1.54, 1.807) is 0 Å². The molecule has 1 aromatic carbocycles. The largest absolute Gasteiger partial charge is 0.454 e. The molecule has 1 fully saturated rings. The molecule has 3 nitrogen and oxygen atoms in total. The third-order valence-electron chi connectivity index (χ3n) is 3.98. The summed E-state index contributed by atoms with van der Waals surface area (Å²) < 4.78 is 11.2. The molecule has 0 atom stereocenters. The standard InChI is InChI=1S/C14H19NO2/c1-9-7-12-14(17-8-16-12)13(10(9)2)11-3-5-15-6-4-11/h7,11,15H,3-6,8H2,1-2H3. The molecular formula is C14H19NO2. The lowest BCUT2D eigenvalue weighted by molar-refractivity contribution is 0.172. The van der Waals surface area contributed by atoms with Crippen molar-refractivity contribution in [2.75, 3.05) is 19.9 Å². The molecule has 3 heteroatoms. The summed E-state index contributed by atoms with van der Waals surface area (Å²) in [6.45, 7) is 6.94. The Hall–Kier alpha value is -1.22. The minimum atomic E-state index is 0.371. The smallest absolute Gasteiger partial charge is 0.231 e. The summed E-state index contributed by atoms with van der Waals surface area (Å²) in [5.74, 6) is 2.55. The molecule has 92 valence electrons. The fourth-order valence-electron chi connectivity index (χ4n) is 2.90. The number of hydrogen-bond acceptors (Lipinski definition) is 3. The SMILES string of the molecule is Cc1cc2c(c(C3CCNCC3)c1C)OCO2. The van der Waals surface area contributed by atoms with Gasteiger partial charge in [-0.3, -0.25) is 0 Å². The van der Waals surface area contributed by atoms with Gasteiger partial charge >= 0.3 is 0 Å². The number of fused-ring (bicyclic) bond motifs is 1. The quantitative estimate of drug-likeness (QED) is 0.808. The summed E-state index contributed by atoms with van der Waals surface area (Å²) in [4.78, 5) is 0. The van der Waals surface area contributed by atoms with Crippen LogP contribution >= 0.6 is 0 Å².